The summed E-state index contributed by atoms with van der Waals surface area (Å²) in [5, 5.41) is 9.95. The Labute approximate surface area is 87.5 Å². The average Bonchev–Trinajstić information content (AvgIpc) is 2.12. The fourth-order valence-electron chi connectivity index (χ4n) is 0.419. The van der Waals surface area contributed by atoms with E-state index < -0.39 is 5.97 Å². The summed E-state index contributed by atoms with van der Waals surface area (Å²) < 4.78 is 0. The SMILES string of the molecule is O=C([O-])C1=C=CCS1.[Li+].[Li]. The van der Waals surface area contributed by atoms with Gasteiger partial charge < -0.3 is 9.90 Å². The van der Waals surface area contributed by atoms with E-state index in [9.17, 15) is 9.90 Å². The van der Waals surface area contributed by atoms with Crippen LogP contribution in [0.3, 0.4) is 0 Å². The largest absolute Gasteiger partial charge is 1.00 e. The topological polar surface area (TPSA) is 40.1 Å². The van der Waals surface area contributed by atoms with E-state index in [4.69, 9.17) is 0 Å². The molecule has 0 fully saturated rings. The van der Waals surface area contributed by atoms with Crippen LogP contribution < -0.4 is 24.0 Å². The van der Waals surface area contributed by atoms with Gasteiger partial charge in [-0.3, -0.25) is 0 Å². The van der Waals surface area contributed by atoms with Crippen LogP contribution in [0.25, 0.3) is 0 Å². The van der Waals surface area contributed by atoms with Crippen molar-refractivity contribution in [1.29, 1.82) is 0 Å². The van der Waals surface area contributed by atoms with E-state index in [1.807, 2.05) is 0 Å². The van der Waals surface area contributed by atoms with E-state index in [2.05, 4.69) is 5.73 Å². The van der Waals surface area contributed by atoms with E-state index in [-0.39, 0.29) is 42.6 Å². The summed E-state index contributed by atoms with van der Waals surface area (Å²) in [5.74, 6) is -0.410. The van der Waals surface area contributed by atoms with Gasteiger partial charge in [0, 0.05) is 24.6 Å². The molecule has 0 atom stereocenters. The van der Waals surface area contributed by atoms with E-state index in [0.717, 1.165) is 0 Å². The second-order valence-electron chi connectivity index (χ2n) is 1.28. The molecule has 0 spiro atoms. The minimum absolute atomic E-state index is 0. The molecule has 10 heavy (non-hydrogen) atoms. The zero-order chi connectivity index (χ0) is 5.98. The smallest absolute Gasteiger partial charge is 0.544 e. The molecular weight excluding hydrogens is 138 g/mol. The standard InChI is InChI=1S/C5H4O2S.2Li/c6-5(7)4-2-1-3-8-4;;/h1H,3H2,(H,6,7);;/q;;+1/p-1. The van der Waals surface area contributed by atoms with Gasteiger partial charge in [0.25, 0.3) is 0 Å². The predicted molar refractivity (Wildman–Crippen MR) is 34.8 cm³/mol. The minimum Gasteiger partial charge on any atom is -0.544 e. The molecule has 0 saturated carbocycles. The summed E-state index contributed by atoms with van der Waals surface area (Å²) in [7, 11) is 0. The van der Waals surface area contributed by atoms with Crippen LogP contribution in [0.4, 0.5) is 0 Å². The molecule has 1 aliphatic rings. The molecule has 0 aromatic heterocycles. The molecule has 0 amide bonds. The molecule has 1 aliphatic heterocycles. The van der Waals surface area contributed by atoms with Crippen molar-refractivity contribution >= 4 is 36.6 Å². The third kappa shape index (κ3) is 3.64. The Morgan fingerprint density at radius 2 is 2.40 bits per heavy atom. The second-order valence-corrected chi connectivity index (χ2v) is 2.31. The molecule has 0 unspecified atom stereocenters. The Morgan fingerprint density at radius 3 is 2.60 bits per heavy atom. The third-order valence-corrected chi connectivity index (χ3v) is 1.64. The molecule has 1 rings (SSSR count). The van der Waals surface area contributed by atoms with Crippen LogP contribution >= 0.6 is 11.8 Å². The number of carbonyl (C=O) groups is 1. The molecule has 1 heterocycles. The normalized spacial score (nSPS) is 13.0. The van der Waals surface area contributed by atoms with E-state index in [1.165, 1.54) is 11.8 Å². The van der Waals surface area contributed by atoms with Crippen molar-refractivity contribution in [3.63, 3.8) is 0 Å². The zero-order valence-corrected chi connectivity index (χ0v) is 6.83. The van der Waals surface area contributed by atoms with Crippen molar-refractivity contribution in [2.24, 2.45) is 0 Å². The molecule has 1 radical (unpaired) electrons. The predicted octanol–water partition coefficient (Wildman–Crippen LogP) is -3.85. The van der Waals surface area contributed by atoms with Gasteiger partial charge in [0.15, 0.2) is 0 Å². The Morgan fingerprint density at radius 1 is 1.80 bits per heavy atom. The number of hydrogen-bond donors (Lipinski definition) is 0. The first-order chi connectivity index (χ1) is 3.80. The molecule has 5 heteroatoms. The number of carboxylic acid groups (broad SMARTS) is 1. The Hall–Kier alpha value is 0.535. The molecule has 0 N–H and O–H groups in total. The fourth-order valence-corrected chi connectivity index (χ4v) is 1.04. The summed E-state index contributed by atoms with van der Waals surface area (Å²) in [5.41, 5.74) is 2.55. The van der Waals surface area contributed by atoms with E-state index in [1.54, 1.807) is 6.08 Å². The number of aliphatic carboxylic acids is 1. The van der Waals surface area contributed by atoms with Gasteiger partial charge in [-0.1, -0.05) is 0 Å². The quantitative estimate of drug-likeness (QED) is 0.277. The van der Waals surface area contributed by atoms with Crippen LogP contribution in [-0.2, 0) is 4.79 Å². The van der Waals surface area contributed by atoms with Gasteiger partial charge in [-0.2, -0.15) is 0 Å². The summed E-state index contributed by atoms with van der Waals surface area (Å²) >= 11 is 1.24. The number of rotatable bonds is 1. The number of carbonyl (C=O) groups excluding carboxylic acids is 1. The van der Waals surface area contributed by atoms with Gasteiger partial charge in [0.2, 0.25) is 0 Å². The average molecular weight is 141 g/mol. The van der Waals surface area contributed by atoms with Crippen LogP contribution in [0.15, 0.2) is 16.7 Å². The van der Waals surface area contributed by atoms with Crippen LogP contribution in [0.1, 0.15) is 0 Å². The molecule has 0 bridgehead atoms. The first-order valence-corrected chi connectivity index (χ1v) is 3.08. The number of hydrogen-bond acceptors (Lipinski definition) is 3. The molecule has 0 aliphatic carbocycles. The van der Waals surface area contributed by atoms with Gasteiger partial charge in [0.05, 0.1) is 10.9 Å². The molecule has 0 aromatic rings. The summed E-state index contributed by atoms with van der Waals surface area (Å²) in [6.07, 6.45) is 1.68. The van der Waals surface area contributed by atoms with Gasteiger partial charge in [-0.15, -0.1) is 17.5 Å². The number of carboxylic acids is 1. The van der Waals surface area contributed by atoms with Crippen molar-refractivity contribution < 1.29 is 28.8 Å². The Bertz CT molecular complexity index is 184. The fraction of sp³-hybridized carbons (Fsp3) is 0.200. The third-order valence-electron chi connectivity index (χ3n) is 0.730. The maximum atomic E-state index is 9.95. The van der Waals surface area contributed by atoms with Gasteiger partial charge >= 0.3 is 18.9 Å². The van der Waals surface area contributed by atoms with Crippen molar-refractivity contribution in [2.75, 3.05) is 5.75 Å². The van der Waals surface area contributed by atoms with Gasteiger partial charge in [-0.05, 0) is 6.08 Å². The van der Waals surface area contributed by atoms with Crippen LogP contribution in [0.2, 0.25) is 0 Å². The maximum absolute atomic E-state index is 9.95. The van der Waals surface area contributed by atoms with Gasteiger partial charge in [-0.25, -0.2) is 0 Å². The van der Waals surface area contributed by atoms with Gasteiger partial charge in [0.1, 0.15) is 0 Å². The van der Waals surface area contributed by atoms with Crippen LogP contribution in [0.5, 0.6) is 0 Å². The number of thioether (sulfide) groups is 1. The zero-order valence-electron chi connectivity index (χ0n) is 6.01. The molecule has 43 valence electrons. The minimum atomic E-state index is -1.12. The van der Waals surface area contributed by atoms with E-state index in [0.29, 0.717) is 5.75 Å². The second kappa shape index (κ2) is 6.26. The summed E-state index contributed by atoms with van der Waals surface area (Å²) in [6, 6.07) is 0. The van der Waals surface area contributed by atoms with Crippen molar-refractivity contribution in [3.05, 3.63) is 16.7 Å². The summed E-state index contributed by atoms with van der Waals surface area (Å²) in [4.78, 5) is 10.2. The molecule has 0 aromatic carbocycles. The maximum Gasteiger partial charge on any atom is 1.00 e. The van der Waals surface area contributed by atoms with Crippen molar-refractivity contribution in [2.45, 2.75) is 0 Å². The molecule has 2 nitrogen and oxygen atoms in total. The van der Waals surface area contributed by atoms with Crippen molar-refractivity contribution in [3.8, 4) is 0 Å². The monoisotopic (exact) mass is 141 g/mol. The Balaban J connectivity index is 0. The first-order valence-electron chi connectivity index (χ1n) is 2.10. The first kappa shape index (κ1) is 13.1. The molecular formula is C5H3Li2O2S. The Kier molecular flexibility index (Phi) is 8.23. The van der Waals surface area contributed by atoms with E-state index >= 15 is 0 Å². The van der Waals surface area contributed by atoms with Crippen LogP contribution in [-0.4, -0.2) is 30.6 Å². The summed E-state index contributed by atoms with van der Waals surface area (Å²) in [6.45, 7) is 0. The van der Waals surface area contributed by atoms with Crippen LogP contribution in [0, 0.1) is 0 Å². The molecule has 0 saturated heterocycles. The van der Waals surface area contributed by atoms with Crippen molar-refractivity contribution in [1.82, 2.24) is 0 Å².